The normalized spacial score (nSPS) is 13.5. The summed E-state index contributed by atoms with van der Waals surface area (Å²) in [4.78, 5) is 12.2. The van der Waals surface area contributed by atoms with Crippen molar-refractivity contribution in [3.05, 3.63) is 64.4 Å². The molecule has 3 nitrogen and oxygen atoms in total. The number of amides is 1. The van der Waals surface area contributed by atoms with Crippen molar-refractivity contribution in [2.24, 2.45) is 0 Å². The van der Waals surface area contributed by atoms with Crippen LogP contribution in [0.2, 0.25) is 0 Å². The van der Waals surface area contributed by atoms with Crippen molar-refractivity contribution in [3.8, 4) is 0 Å². The van der Waals surface area contributed by atoms with Crippen molar-refractivity contribution >= 4 is 27.5 Å². The molecule has 0 saturated carbocycles. The SMILES string of the molecule is C[C@H](N[C@@H](C)c1ccccc1)C(=O)Nc1ccc(Br)cc1F. The van der Waals surface area contributed by atoms with E-state index in [0.29, 0.717) is 4.47 Å². The van der Waals surface area contributed by atoms with Crippen LogP contribution in [0.4, 0.5) is 10.1 Å². The molecule has 116 valence electrons. The van der Waals surface area contributed by atoms with Gasteiger partial charge in [-0.15, -0.1) is 0 Å². The summed E-state index contributed by atoms with van der Waals surface area (Å²) >= 11 is 3.18. The van der Waals surface area contributed by atoms with E-state index in [1.165, 1.54) is 12.1 Å². The fraction of sp³-hybridized carbons (Fsp3) is 0.235. The van der Waals surface area contributed by atoms with Gasteiger partial charge in [0.25, 0.3) is 0 Å². The van der Waals surface area contributed by atoms with Gasteiger partial charge >= 0.3 is 0 Å². The highest BCUT2D eigenvalue weighted by molar-refractivity contribution is 9.10. The molecule has 0 aliphatic carbocycles. The lowest BCUT2D eigenvalue weighted by Crippen LogP contribution is -2.39. The molecule has 0 saturated heterocycles. The molecule has 2 atom stereocenters. The van der Waals surface area contributed by atoms with Crippen LogP contribution in [0.5, 0.6) is 0 Å². The number of benzene rings is 2. The Kier molecular flexibility index (Phi) is 5.69. The lowest BCUT2D eigenvalue weighted by Gasteiger charge is -2.20. The average Bonchev–Trinajstić information content (AvgIpc) is 2.50. The smallest absolute Gasteiger partial charge is 0.241 e. The molecule has 0 heterocycles. The zero-order valence-electron chi connectivity index (χ0n) is 12.4. The lowest BCUT2D eigenvalue weighted by molar-refractivity contribution is -0.118. The molecule has 0 bridgehead atoms. The molecule has 0 unspecified atom stereocenters. The van der Waals surface area contributed by atoms with E-state index in [2.05, 4.69) is 26.6 Å². The van der Waals surface area contributed by atoms with Crippen molar-refractivity contribution in [2.75, 3.05) is 5.32 Å². The van der Waals surface area contributed by atoms with Gasteiger partial charge in [-0.1, -0.05) is 46.3 Å². The minimum absolute atomic E-state index is 0.0247. The number of anilines is 1. The largest absolute Gasteiger partial charge is 0.322 e. The summed E-state index contributed by atoms with van der Waals surface area (Å²) < 4.78 is 14.4. The number of carbonyl (C=O) groups is 1. The molecule has 1 amide bonds. The Morgan fingerprint density at radius 1 is 1.14 bits per heavy atom. The molecule has 2 N–H and O–H groups in total. The summed E-state index contributed by atoms with van der Waals surface area (Å²) in [5.74, 6) is -0.741. The Balaban J connectivity index is 1.97. The highest BCUT2D eigenvalue weighted by Gasteiger charge is 2.17. The third-order valence-corrected chi connectivity index (χ3v) is 3.88. The monoisotopic (exact) mass is 364 g/mol. The van der Waals surface area contributed by atoms with E-state index < -0.39 is 11.9 Å². The highest BCUT2D eigenvalue weighted by atomic mass is 79.9. The van der Waals surface area contributed by atoms with E-state index in [1.807, 2.05) is 37.3 Å². The van der Waals surface area contributed by atoms with Gasteiger partial charge in [-0.05, 0) is 37.6 Å². The maximum atomic E-state index is 13.7. The van der Waals surface area contributed by atoms with Gasteiger partial charge in [0.1, 0.15) is 5.82 Å². The first-order valence-electron chi connectivity index (χ1n) is 7.04. The van der Waals surface area contributed by atoms with E-state index in [1.54, 1.807) is 13.0 Å². The maximum absolute atomic E-state index is 13.7. The molecule has 0 aromatic heterocycles. The Morgan fingerprint density at radius 3 is 2.45 bits per heavy atom. The minimum atomic E-state index is -0.467. The molecule has 2 aromatic carbocycles. The van der Waals surface area contributed by atoms with Gasteiger partial charge in [-0.2, -0.15) is 0 Å². The number of hydrogen-bond donors (Lipinski definition) is 2. The van der Waals surface area contributed by atoms with Crippen LogP contribution in [-0.4, -0.2) is 11.9 Å². The van der Waals surface area contributed by atoms with Gasteiger partial charge in [0.05, 0.1) is 11.7 Å². The van der Waals surface area contributed by atoms with E-state index >= 15 is 0 Å². The van der Waals surface area contributed by atoms with Gasteiger partial charge in [-0.25, -0.2) is 4.39 Å². The van der Waals surface area contributed by atoms with Crippen molar-refractivity contribution < 1.29 is 9.18 Å². The van der Waals surface area contributed by atoms with Crippen LogP contribution in [0.3, 0.4) is 0 Å². The van der Waals surface area contributed by atoms with Crippen molar-refractivity contribution in [3.63, 3.8) is 0 Å². The first-order chi connectivity index (χ1) is 10.5. The highest BCUT2D eigenvalue weighted by Crippen LogP contribution is 2.19. The maximum Gasteiger partial charge on any atom is 0.241 e. The van der Waals surface area contributed by atoms with Crippen molar-refractivity contribution in [1.29, 1.82) is 0 Å². The predicted molar refractivity (Wildman–Crippen MR) is 90.2 cm³/mol. The molecular weight excluding hydrogens is 347 g/mol. The Hall–Kier alpha value is -1.72. The van der Waals surface area contributed by atoms with Crippen molar-refractivity contribution in [2.45, 2.75) is 25.9 Å². The molecule has 0 radical (unpaired) electrons. The van der Waals surface area contributed by atoms with Gasteiger partial charge < -0.3 is 5.32 Å². The van der Waals surface area contributed by atoms with Gasteiger partial charge in [0.2, 0.25) is 5.91 Å². The average molecular weight is 365 g/mol. The van der Waals surface area contributed by atoms with Gasteiger partial charge in [-0.3, -0.25) is 10.1 Å². The van der Waals surface area contributed by atoms with Crippen molar-refractivity contribution in [1.82, 2.24) is 5.32 Å². The zero-order valence-corrected chi connectivity index (χ0v) is 14.0. The summed E-state index contributed by atoms with van der Waals surface area (Å²) in [6.45, 7) is 3.74. The summed E-state index contributed by atoms with van der Waals surface area (Å²) in [5, 5.41) is 5.80. The fourth-order valence-corrected chi connectivity index (χ4v) is 2.45. The molecule has 0 spiro atoms. The van der Waals surface area contributed by atoms with Crippen LogP contribution in [0.15, 0.2) is 53.0 Å². The van der Waals surface area contributed by atoms with Crippen LogP contribution in [0.25, 0.3) is 0 Å². The Labute approximate surface area is 138 Å². The standard InChI is InChI=1S/C17H18BrFN2O/c1-11(13-6-4-3-5-7-13)20-12(2)17(22)21-16-9-8-14(18)10-15(16)19/h3-12,20H,1-2H3,(H,21,22)/t11-,12-/m0/s1. The molecule has 2 rings (SSSR count). The molecule has 0 fully saturated rings. The second-order valence-corrected chi connectivity index (χ2v) is 6.05. The number of halogens is 2. The number of rotatable bonds is 5. The quantitative estimate of drug-likeness (QED) is 0.831. The molecule has 0 aliphatic rings. The Morgan fingerprint density at radius 2 is 1.82 bits per heavy atom. The molecular formula is C17H18BrFN2O. The van der Waals surface area contributed by atoms with E-state index in [0.717, 1.165) is 5.56 Å². The number of carbonyl (C=O) groups excluding carboxylic acids is 1. The van der Waals surface area contributed by atoms with E-state index in [9.17, 15) is 9.18 Å². The summed E-state index contributed by atoms with van der Waals surface area (Å²) in [6.07, 6.45) is 0. The third kappa shape index (κ3) is 4.39. The van der Waals surface area contributed by atoms with Gasteiger partial charge in [0, 0.05) is 10.5 Å². The molecule has 22 heavy (non-hydrogen) atoms. The van der Waals surface area contributed by atoms with Crippen LogP contribution < -0.4 is 10.6 Å². The summed E-state index contributed by atoms with van der Waals surface area (Å²) in [7, 11) is 0. The third-order valence-electron chi connectivity index (χ3n) is 3.38. The predicted octanol–water partition coefficient (Wildman–Crippen LogP) is 4.27. The fourth-order valence-electron chi connectivity index (χ4n) is 2.12. The first-order valence-corrected chi connectivity index (χ1v) is 7.83. The minimum Gasteiger partial charge on any atom is -0.322 e. The molecule has 0 aliphatic heterocycles. The van der Waals surface area contributed by atoms with Crippen LogP contribution in [0.1, 0.15) is 25.5 Å². The van der Waals surface area contributed by atoms with Crippen LogP contribution >= 0.6 is 15.9 Å². The van der Waals surface area contributed by atoms with E-state index in [-0.39, 0.29) is 17.6 Å². The topological polar surface area (TPSA) is 41.1 Å². The van der Waals surface area contributed by atoms with Crippen LogP contribution in [-0.2, 0) is 4.79 Å². The first kappa shape index (κ1) is 16.6. The second-order valence-electron chi connectivity index (χ2n) is 5.13. The summed E-state index contributed by atoms with van der Waals surface area (Å²) in [5.41, 5.74) is 1.27. The lowest BCUT2D eigenvalue weighted by atomic mass is 10.1. The van der Waals surface area contributed by atoms with E-state index in [4.69, 9.17) is 0 Å². The summed E-state index contributed by atoms with van der Waals surface area (Å²) in [6, 6.07) is 14.0. The number of hydrogen-bond acceptors (Lipinski definition) is 2. The Bertz CT molecular complexity index is 648. The van der Waals surface area contributed by atoms with Gasteiger partial charge in [0.15, 0.2) is 0 Å². The molecule has 5 heteroatoms. The zero-order chi connectivity index (χ0) is 16.1. The van der Waals surface area contributed by atoms with Crippen LogP contribution in [0, 0.1) is 5.82 Å². The number of nitrogens with one attached hydrogen (secondary N) is 2. The second kappa shape index (κ2) is 7.51. The molecule has 2 aromatic rings.